The van der Waals surface area contributed by atoms with Crippen LogP contribution >= 0.6 is 0 Å². The van der Waals surface area contributed by atoms with Crippen LogP contribution in [0.5, 0.6) is 0 Å². The Balaban J connectivity index is 1.70. The van der Waals surface area contributed by atoms with E-state index in [0.717, 1.165) is 49.1 Å². The largest absolute Gasteiger partial charge is 0.478 e. The van der Waals surface area contributed by atoms with E-state index in [1.54, 1.807) is 27.2 Å². The maximum absolute atomic E-state index is 13.5. The Kier molecular flexibility index (Phi) is 4.52. The van der Waals surface area contributed by atoms with Crippen molar-refractivity contribution in [2.24, 2.45) is 0 Å². The highest BCUT2D eigenvalue weighted by Crippen LogP contribution is 2.23. The van der Waals surface area contributed by atoms with E-state index >= 15 is 0 Å². The number of aromatic carboxylic acids is 1. The van der Waals surface area contributed by atoms with E-state index < -0.39 is 5.97 Å². The summed E-state index contributed by atoms with van der Waals surface area (Å²) in [5.41, 5.74) is 2.64. The number of imidazole rings is 1. The van der Waals surface area contributed by atoms with Crippen molar-refractivity contribution in [3.8, 4) is 0 Å². The molecule has 0 aliphatic carbocycles. The highest BCUT2D eigenvalue weighted by atomic mass is 16.4. The second-order valence-electron chi connectivity index (χ2n) is 7.88. The summed E-state index contributed by atoms with van der Waals surface area (Å²) in [5, 5.41) is 10.2. The number of carbonyl (C=O) groups is 1. The van der Waals surface area contributed by atoms with Gasteiger partial charge in [0.25, 0.3) is 0 Å². The topological polar surface area (TPSA) is 83.1 Å². The molecule has 1 fully saturated rings. The zero-order valence-corrected chi connectivity index (χ0v) is 16.8. The van der Waals surface area contributed by atoms with Crippen LogP contribution in [0.1, 0.15) is 10.4 Å². The van der Waals surface area contributed by atoms with Gasteiger partial charge in [-0.05, 0) is 37.4 Å². The number of aromatic nitrogens is 3. The minimum Gasteiger partial charge on any atom is -0.478 e. The molecular weight excluding hydrogens is 382 g/mol. The van der Waals surface area contributed by atoms with Crippen LogP contribution in [0, 0.1) is 0 Å². The third-order valence-electron chi connectivity index (χ3n) is 6.00. The predicted octanol–water partition coefficient (Wildman–Crippen LogP) is 1.75. The van der Waals surface area contributed by atoms with Gasteiger partial charge in [-0.2, -0.15) is 0 Å². The summed E-state index contributed by atoms with van der Waals surface area (Å²) in [7, 11) is 2.11. The molecule has 4 aromatic rings. The Morgan fingerprint density at radius 2 is 1.80 bits per heavy atom. The van der Waals surface area contributed by atoms with E-state index in [9.17, 15) is 14.7 Å². The normalized spacial score (nSPS) is 16.0. The molecule has 0 radical (unpaired) electrons. The number of benzene rings is 2. The van der Waals surface area contributed by atoms with Gasteiger partial charge in [0.1, 0.15) is 0 Å². The van der Waals surface area contributed by atoms with Crippen LogP contribution in [-0.4, -0.2) is 74.6 Å². The first-order valence-electron chi connectivity index (χ1n) is 10.1. The van der Waals surface area contributed by atoms with Gasteiger partial charge in [-0.1, -0.05) is 12.1 Å². The number of hydrogen-bond acceptors (Lipinski definition) is 5. The highest BCUT2D eigenvalue weighted by Gasteiger charge is 2.19. The molecule has 5 rings (SSSR count). The molecular formula is C22H23N5O3. The van der Waals surface area contributed by atoms with E-state index in [2.05, 4.69) is 21.8 Å². The fourth-order valence-electron chi connectivity index (χ4n) is 4.23. The molecule has 8 nitrogen and oxygen atoms in total. The molecule has 8 heteroatoms. The van der Waals surface area contributed by atoms with Gasteiger partial charge in [0.2, 0.25) is 0 Å². The van der Waals surface area contributed by atoms with Gasteiger partial charge in [0.15, 0.2) is 5.65 Å². The monoisotopic (exact) mass is 405 g/mol. The summed E-state index contributed by atoms with van der Waals surface area (Å²) in [6.45, 7) is 5.15. The zero-order valence-electron chi connectivity index (χ0n) is 16.8. The molecule has 1 N–H and O–H groups in total. The smallest absolute Gasteiger partial charge is 0.335 e. The maximum atomic E-state index is 13.5. The van der Waals surface area contributed by atoms with Crippen LogP contribution < -0.4 is 5.69 Å². The molecule has 0 atom stereocenters. The fourth-order valence-corrected chi connectivity index (χ4v) is 4.23. The molecule has 154 valence electrons. The lowest BCUT2D eigenvalue weighted by Crippen LogP contribution is -2.46. The Morgan fingerprint density at radius 1 is 1.03 bits per heavy atom. The molecule has 0 unspecified atom stereocenters. The molecule has 2 aromatic heterocycles. The van der Waals surface area contributed by atoms with Crippen molar-refractivity contribution < 1.29 is 9.90 Å². The van der Waals surface area contributed by atoms with Crippen LogP contribution in [-0.2, 0) is 6.54 Å². The third-order valence-corrected chi connectivity index (χ3v) is 6.00. The molecule has 1 aliphatic rings. The Labute approximate surface area is 172 Å². The second-order valence-corrected chi connectivity index (χ2v) is 7.88. The third kappa shape index (κ3) is 3.05. The minimum atomic E-state index is -1.01. The first-order chi connectivity index (χ1) is 14.5. The van der Waals surface area contributed by atoms with Crippen molar-refractivity contribution >= 4 is 33.6 Å². The van der Waals surface area contributed by atoms with Crippen LogP contribution in [0.2, 0.25) is 0 Å². The first-order valence-corrected chi connectivity index (χ1v) is 10.1. The number of carboxylic acid groups (broad SMARTS) is 1. The van der Waals surface area contributed by atoms with Gasteiger partial charge in [0, 0.05) is 44.7 Å². The van der Waals surface area contributed by atoms with Crippen molar-refractivity contribution in [3.05, 3.63) is 58.5 Å². The zero-order chi connectivity index (χ0) is 20.8. The summed E-state index contributed by atoms with van der Waals surface area (Å²) in [4.78, 5) is 34.4. The predicted molar refractivity (Wildman–Crippen MR) is 115 cm³/mol. The van der Waals surface area contributed by atoms with Gasteiger partial charge in [-0.15, -0.1) is 0 Å². The van der Waals surface area contributed by atoms with Gasteiger partial charge in [-0.3, -0.25) is 9.47 Å². The van der Waals surface area contributed by atoms with Crippen molar-refractivity contribution in [1.82, 2.24) is 23.8 Å². The van der Waals surface area contributed by atoms with Crippen molar-refractivity contribution in [1.29, 1.82) is 0 Å². The standard InChI is InChI=1S/C22H23N5O3/c1-24-8-10-25(11-9-24)12-13-26-19-14-15(21(28)29)6-7-16(19)20-23-17-4-2-3-5-18(17)27(20)22(26)30/h2-7,14H,8-13H2,1H3,(H,28,29). The van der Waals surface area contributed by atoms with Crippen molar-refractivity contribution in [3.63, 3.8) is 0 Å². The summed E-state index contributed by atoms with van der Waals surface area (Å²) in [5.74, 6) is -1.01. The Morgan fingerprint density at radius 3 is 2.57 bits per heavy atom. The number of hydrogen-bond donors (Lipinski definition) is 1. The molecule has 0 spiro atoms. The lowest BCUT2D eigenvalue weighted by atomic mass is 10.1. The summed E-state index contributed by atoms with van der Waals surface area (Å²) in [6, 6.07) is 12.5. The average molecular weight is 405 g/mol. The molecule has 0 saturated carbocycles. The van der Waals surface area contributed by atoms with Crippen molar-refractivity contribution in [2.45, 2.75) is 6.54 Å². The van der Waals surface area contributed by atoms with Crippen LogP contribution in [0.3, 0.4) is 0 Å². The van der Waals surface area contributed by atoms with E-state index in [0.29, 0.717) is 17.7 Å². The van der Waals surface area contributed by atoms with Gasteiger partial charge >= 0.3 is 11.7 Å². The van der Waals surface area contributed by atoms with E-state index in [1.165, 1.54) is 0 Å². The number of para-hydroxylation sites is 2. The van der Waals surface area contributed by atoms with Gasteiger partial charge in [0.05, 0.1) is 22.1 Å². The summed E-state index contributed by atoms with van der Waals surface area (Å²) >= 11 is 0. The minimum absolute atomic E-state index is 0.163. The molecule has 0 bridgehead atoms. The number of fused-ring (bicyclic) bond motifs is 5. The lowest BCUT2D eigenvalue weighted by molar-refractivity contribution is 0.0697. The lowest BCUT2D eigenvalue weighted by Gasteiger charge is -2.32. The number of rotatable bonds is 4. The van der Waals surface area contributed by atoms with Crippen LogP contribution in [0.25, 0.3) is 27.6 Å². The first kappa shape index (κ1) is 18.8. The average Bonchev–Trinajstić information content (AvgIpc) is 3.14. The molecule has 0 amide bonds. The summed E-state index contributed by atoms with van der Waals surface area (Å²) in [6.07, 6.45) is 0. The van der Waals surface area contributed by atoms with Gasteiger partial charge in [-0.25, -0.2) is 19.0 Å². The quantitative estimate of drug-likeness (QED) is 0.557. The number of nitrogens with zero attached hydrogens (tertiary/aromatic N) is 5. The van der Waals surface area contributed by atoms with Crippen LogP contribution in [0.4, 0.5) is 0 Å². The number of carboxylic acids is 1. The number of piperazine rings is 1. The van der Waals surface area contributed by atoms with E-state index in [4.69, 9.17) is 0 Å². The molecule has 1 aliphatic heterocycles. The summed E-state index contributed by atoms with van der Waals surface area (Å²) < 4.78 is 3.34. The molecule has 3 heterocycles. The Hall–Kier alpha value is -3.23. The molecule has 2 aromatic carbocycles. The van der Waals surface area contributed by atoms with Gasteiger partial charge < -0.3 is 10.0 Å². The number of likely N-dealkylation sites (N-methyl/N-ethyl adjacent to an activating group) is 1. The molecule has 30 heavy (non-hydrogen) atoms. The second kappa shape index (κ2) is 7.23. The fraction of sp³-hybridized carbons (Fsp3) is 0.318. The molecule has 1 saturated heterocycles. The van der Waals surface area contributed by atoms with E-state index in [1.807, 2.05) is 24.3 Å². The SMILES string of the molecule is CN1CCN(CCn2c(=O)n3c4ccccc4nc3c3ccc(C(=O)O)cc32)CC1. The van der Waals surface area contributed by atoms with Crippen LogP contribution in [0.15, 0.2) is 47.3 Å². The highest BCUT2D eigenvalue weighted by molar-refractivity contribution is 6.00. The maximum Gasteiger partial charge on any atom is 0.335 e. The Bertz CT molecular complexity index is 1330. The van der Waals surface area contributed by atoms with Crippen molar-refractivity contribution in [2.75, 3.05) is 39.8 Å². The van der Waals surface area contributed by atoms with E-state index in [-0.39, 0.29) is 11.3 Å².